The van der Waals surface area contributed by atoms with Gasteiger partial charge in [0.05, 0.1) is 19.2 Å². The Morgan fingerprint density at radius 2 is 1.79 bits per heavy atom. The van der Waals surface area contributed by atoms with Crippen LogP contribution in [0.2, 0.25) is 0 Å². The quantitative estimate of drug-likeness (QED) is 0.706. The molecule has 0 spiro atoms. The molecule has 1 amide bonds. The Morgan fingerprint density at radius 1 is 1.10 bits per heavy atom. The molecule has 8 nitrogen and oxygen atoms in total. The molecule has 1 aromatic carbocycles. The Labute approximate surface area is 167 Å². The van der Waals surface area contributed by atoms with Crippen molar-refractivity contribution in [2.45, 2.75) is 39.4 Å². The summed E-state index contributed by atoms with van der Waals surface area (Å²) in [6.45, 7) is 5.43. The lowest BCUT2D eigenvalue weighted by Crippen LogP contribution is -2.46. The predicted molar refractivity (Wildman–Crippen MR) is 110 cm³/mol. The van der Waals surface area contributed by atoms with Gasteiger partial charge in [-0.3, -0.25) is 18.7 Å². The lowest BCUT2D eigenvalue weighted by molar-refractivity contribution is -0.123. The smallest absolute Gasteiger partial charge is 0.332 e. The fourth-order valence-corrected chi connectivity index (χ4v) is 3.05. The van der Waals surface area contributed by atoms with Crippen molar-refractivity contribution in [1.82, 2.24) is 19.4 Å². The number of rotatable bonds is 5. The molecule has 0 aliphatic heterocycles. The van der Waals surface area contributed by atoms with Gasteiger partial charge in [-0.2, -0.15) is 0 Å². The van der Waals surface area contributed by atoms with Crippen molar-refractivity contribution in [2.75, 3.05) is 7.11 Å². The molecule has 152 valence electrons. The van der Waals surface area contributed by atoms with Crippen LogP contribution < -0.4 is 21.3 Å². The molecule has 0 saturated carbocycles. The van der Waals surface area contributed by atoms with Gasteiger partial charge in [-0.1, -0.05) is 12.1 Å². The first-order chi connectivity index (χ1) is 13.7. The van der Waals surface area contributed by atoms with Gasteiger partial charge in [0.25, 0.3) is 5.56 Å². The number of hydrogen-bond donors (Lipinski definition) is 1. The lowest BCUT2D eigenvalue weighted by Gasteiger charge is -2.21. The highest BCUT2D eigenvalue weighted by Gasteiger charge is 2.19. The highest BCUT2D eigenvalue weighted by Crippen LogP contribution is 2.12. The van der Waals surface area contributed by atoms with Crippen LogP contribution in [0.5, 0.6) is 5.75 Å². The molecular formula is C21H24N4O4. The minimum absolute atomic E-state index is 0.0645. The highest BCUT2D eigenvalue weighted by molar-refractivity contribution is 5.80. The number of pyridine rings is 1. The molecule has 1 N–H and O–H groups in total. The predicted octanol–water partition coefficient (Wildman–Crippen LogP) is 1.53. The van der Waals surface area contributed by atoms with Crippen molar-refractivity contribution in [3.8, 4) is 5.75 Å². The van der Waals surface area contributed by atoms with E-state index >= 15 is 0 Å². The second kappa shape index (κ2) is 7.90. The average molecular weight is 396 g/mol. The molecule has 0 saturated heterocycles. The molecule has 2 aromatic heterocycles. The second-order valence-electron chi connectivity index (χ2n) is 7.78. The van der Waals surface area contributed by atoms with Crippen LogP contribution in [0, 0.1) is 0 Å². The Kier molecular flexibility index (Phi) is 5.54. The van der Waals surface area contributed by atoms with Crippen molar-refractivity contribution >= 4 is 16.9 Å². The van der Waals surface area contributed by atoms with Crippen LogP contribution in [0.3, 0.4) is 0 Å². The van der Waals surface area contributed by atoms with E-state index in [4.69, 9.17) is 4.74 Å². The molecule has 3 rings (SSSR count). The van der Waals surface area contributed by atoms with E-state index in [-0.39, 0.29) is 24.5 Å². The summed E-state index contributed by atoms with van der Waals surface area (Å²) in [5, 5.41) is 2.84. The van der Waals surface area contributed by atoms with Gasteiger partial charge in [0.1, 0.15) is 12.3 Å². The summed E-state index contributed by atoms with van der Waals surface area (Å²) >= 11 is 0. The van der Waals surface area contributed by atoms with E-state index in [2.05, 4.69) is 10.3 Å². The number of benzene rings is 1. The van der Waals surface area contributed by atoms with Gasteiger partial charge in [-0.05, 0) is 50.6 Å². The highest BCUT2D eigenvalue weighted by atomic mass is 16.5. The third-order valence-corrected chi connectivity index (χ3v) is 4.30. The van der Waals surface area contributed by atoms with Crippen LogP contribution in [0.15, 0.2) is 52.2 Å². The van der Waals surface area contributed by atoms with E-state index in [1.54, 1.807) is 43.5 Å². The SMILES string of the molecule is COc1ccc(Cn2c(=O)c3ncccc3n(CC(=O)NC(C)(C)C)c2=O)cc1. The second-order valence-corrected chi connectivity index (χ2v) is 7.78. The molecule has 29 heavy (non-hydrogen) atoms. The summed E-state index contributed by atoms with van der Waals surface area (Å²) < 4.78 is 7.52. The van der Waals surface area contributed by atoms with E-state index in [0.717, 1.165) is 10.1 Å². The van der Waals surface area contributed by atoms with Crippen LogP contribution in [0.4, 0.5) is 0 Å². The third-order valence-electron chi connectivity index (χ3n) is 4.30. The van der Waals surface area contributed by atoms with E-state index in [9.17, 15) is 14.4 Å². The van der Waals surface area contributed by atoms with Gasteiger partial charge in [-0.25, -0.2) is 9.78 Å². The average Bonchev–Trinajstić information content (AvgIpc) is 2.67. The number of ether oxygens (including phenoxy) is 1. The van der Waals surface area contributed by atoms with Crippen molar-refractivity contribution in [2.24, 2.45) is 0 Å². The zero-order chi connectivity index (χ0) is 21.2. The maximum atomic E-state index is 13.1. The molecule has 8 heteroatoms. The number of fused-ring (bicyclic) bond motifs is 1. The normalized spacial score (nSPS) is 11.4. The van der Waals surface area contributed by atoms with Crippen molar-refractivity contribution in [3.05, 3.63) is 69.0 Å². The van der Waals surface area contributed by atoms with Crippen LogP contribution in [0.1, 0.15) is 26.3 Å². The van der Waals surface area contributed by atoms with Crippen molar-refractivity contribution < 1.29 is 9.53 Å². The number of aromatic nitrogens is 3. The van der Waals surface area contributed by atoms with Crippen LogP contribution in [-0.4, -0.2) is 32.7 Å². The molecule has 0 aliphatic carbocycles. The maximum absolute atomic E-state index is 13.1. The third kappa shape index (κ3) is 4.53. The molecular weight excluding hydrogens is 372 g/mol. The monoisotopic (exact) mass is 396 g/mol. The first-order valence-corrected chi connectivity index (χ1v) is 9.22. The minimum Gasteiger partial charge on any atom is -0.497 e. The number of amides is 1. The Hall–Kier alpha value is -3.42. The maximum Gasteiger partial charge on any atom is 0.332 e. The zero-order valence-electron chi connectivity index (χ0n) is 16.9. The Bertz CT molecular complexity index is 1150. The topological polar surface area (TPSA) is 95.2 Å². The lowest BCUT2D eigenvalue weighted by atomic mass is 10.1. The summed E-state index contributed by atoms with van der Waals surface area (Å²) in [5.41, 5.74) is -0.260. The van der Waals surface area contributed by atoms with Gasteiger partial charge in [0.15, 0.2) is 5.52 Å². The largest absolute Gasteiger partial charge is 0.497 e. The Morgan fingerprint density at radius 3 is 2.41 bits per heavy atom. The van der Waals surface area contributed by atoms with Crippen LogP contribution in [0.25, 0.3) is 11.0 Å². The number of carbonyl (C=O) groups is 1. The van der Waals surface area contributed by atoms with E-state index in [1.807, 2.05) is 20.8 Å². The summed E-state index contributed by atoms with van der Waals surface area (Å²) in [7, 11) is 1.57. The number of hydrogen-bond acceptors (Lipinski definition) is 5. The summed E-state index contributed by atoms with van der Waals surface area (Å²) in [4.78, 5) is 42.6. The van der Waals surface area contributed by atoms with Gasteiger partial charge in [0.2, 0.25) is 5.91 Å². The molecule has 0 unspecified atom stereocenters. The molecule has 0 bridgehead atoms. The van der Waals surface area contributed by atoms with E-state index in [0.29, 0.717) is 11.3 Å². The van der Waals surface area contributed by atoms with Gasteiger partial charge < -0.3 is 10.1 Å². The van der Waals surface area contributed by atoms with E-state index < -0.39 is 16.8 Å². The van der Waals surface area contributed by atoms with Gasteiger partial charge in [0, 0.05) is 11.7 Å². The fourth-order valence-electron chi connectivity index (χ4n) is 3.05. The zero-order valence-corrected chi connectivity index (χ0v) is 16.9. The standard InChI is InChI=1S/C21H24N4O4/c1-21(2,3)23-17(26)13-24-16-6-5-11-22-18(16)19(27)25(20(24)28)12-14-7-9-15(29-4)10-8-14/h5-11H,12-13H2,1-4H3,(H,23,26). The van der Waals surface area contributed by atoms with Crippen molar-refractivity contribution in [3.63, 3.8) is 0 Å². The first-order valence-electron chi connectivity index (χ1n) is 9.22. The summed E-state index contributed by atoms with van der Waals surface area (Å²) in [6, 6.07) is 10.3. The molecule has 0 fully saturated rings. The van der Waals surface area contributed by atoms with Gasteiger partial charge in [-0.15, -0.1) is 0 Å². The summed E-state index contributed by atoms with van der Waals surface area (Å²) in [5.74, 6) is 0.358. The molecule has 2 heterocycles. The van der Waals surface area contributed by atoms with Gasteiger partial charge >= 0.3 is 5.69 Å². The van der Waals surface area contributed by atoms with Crippen LogP contribution >= 0.6 is 0 Å². The summed E-state index contributed by atoms with van der Waals surface area (Å²) in [6.07, 6.45) is 1.49. The van der Waals surface area contributed by atoms with E-state index in [1.165, 1.54) is 10.8 Å². The molecule has 0 aliphatic rings. The first kappa shape index (κ1) is 20.3. The fraction of sp³-hybridized carbons (Fsp3) is 0.333. The minimum atomic E-state index is -0.560. The van der Waals surface area contributed by atoms with Crippen LogP contribution in [-0.2, 0) is 17.9 Å². The number of nitrogens with zero attached hydrogens (tertiary/aromatic N) is 3. The Balaban J connectivity index is 2.09. The molecule has 0 radical (unpaired) electrons. The van der Waals surface area contributed by atoms with Crippen molar-refractivity contribution in [1.29, 1.82) is 0 Å². The number of nitrogens with one attached hydrogen (secondary N) is 1. The number of carbonyl (C=O) groups excluding carboxylic acids is 1. The molecule has 0 atom stereocenters. The number of methoxy groups -OCH3 is 1. The molecule has 3 aromatic rings.